The molecule has 0 aromatic heterocycles. The summed E-state index contributed by atoms with van der Waals surface area (Å²) in [5, 5.41) is 34.8. The van der Waals surface area contributed by atoms with E-state index in [1.165, 1.54) is 0 Å². The van der Waals surface area contributed by atoms with E-state index in [0.29, 0.717) is 0 Å². The number of rotatable bonds is 6. The fourth-order valence-electron chi connectivity index (χ4n) is 3.89. The van der Waals surface area contributed by atoms with Crippen LogP contribution in [0.25, 0.3) is 0 Å². The minimum Gasteiger partial charge on any atom is -0.481 e. The Morgan fingerprint density at radius 3 is 1.10 bits per heavy atom. The summed E-state index contributed by atoms with van der Waals surface area (Å²) >= 11 is 0. The van der Waals surface area contributed by atoms with E-state index in [1.54, 1.807) is 0 Å². The Hall–Kier alpha value is -1.14. The molecule has 6 nitrogen and oxygen atoms in total. The Morgan fingerprint density at radius 1 is 0.700 bits per heavy atom. The van der Waals surface area contributed by atoms with E-state index in [9.17, 15) is 9.59 Å². The van der Waals surface area contributed by atoms with Crippen molar-refractivity contribution in [3.05, 3.63) is 0 Å². The monoisotopic (exact) mass is 432 g/mol. The highest BCUT2D eigenvalue weighted by atomic mass is 16.4. The summed E-state index contributed by atoms with van der Waals surface area (Å²) in [7, 11) is 0. The van der Waals surface area contributed by atoms with Crippen LogP contribution in [0.4, 0.5) is 0 Å². The van der Waals surface area contributed by atoms with Crippen molar-refractivity contribution in [1.82, 2.24) is 0 Å². The molecule has 0 aromatic rings. The molecule has 180 valence electrons. The Morgan fingerprint density at radius 2 is 0.933 bits per heavy atom. The number of aliphatic carboxylic acids is 2. The Bertz CT molecular complexity index is 423. The summed E-state index contributed by atoms with van der Waals surface area (Å²) in [4.78, 5) is 20.6. The average Bonchev–Trinajstić information content (AvgIpc) is 2.45. The molecule has 0 aliphatic heterocycles. The lowest BCUT2D eigenvalue weighted by Gasteiger charge is -2.21. The first-order valence-electron chi connectivity index (χ1n) is 11.2. The third-order valence-electron chi connectivity index (χ3n) is 4.63. The molecule has 1 aliphatic carbocycles. The second-order valence-electron chi connectivity index (χ2n) is 11.4. The molecule has 30 heavy (non-hydrogen) atoms. The van der Waals surface area contributed by atoms with Gasteiger partial charge in [0.15, 0.2) is 0 Å². The summed E-state index contributed by atoms with van der Waals surface area (Å²) in [5.74, 6) is -0.816. The molecular formula is C24H48O6. The fourth-order valence-corrected chi connectivity index (χ4v) is 3.89. The number of hydrogen-bond acceptors (Lipinski definition) is 4. The minimum atomic E-state index is -0.693. The van der Waals surface area contributed by atoms with E-state index in [1.807, 2.05) is 13.8 Å². The van der Waals surface area contributed by atoms with Gasteiger partial charge in [0.05, 0.1) is 12.2 Å². The Labute approximate surface area is 184 Å². The fraction of sp³-hybridized carbons (Fsp3) is 0.917. The highest BCUT2D eigenvalue weighted by Gasteiger charge is 2.18. The molecule has 1 aliphatic rings. The zero-order chi connectivity index (χ0) is 24.1. The molecule has 1 fully saturated rings. The lowest BCUT2D eigenvalue weighted by Crippen LogP contribution is -2.21. The molecule has 0 aromatic carbocycles. The van der Waals surface area contributed by atoms with Gasteiger partial charge < -0.3 is 20.4 Å². The first-order valence-corrected chi connectivity index (χ1v) is 11.2. The predicted octanol–water partition coefficient (Wildman–Crippen LogP) is 5.35. The van der Waals surface area contributed by atoms with Gasteiger partial charge in [-0.15, -0.1) is 0 Å². The third-order valence-corrected chi connectivity index (χ3v) is 4.63. The van der Waals surface area contributed by atoms with Gasteiger partial charge in [0.2, 0.25) is 0 Å². The molecule has 1 saturated carbocycles. The molecule has 2 unspecified atom stereocenters. The minimum absolute atomic E-state index is 0.140. The lowest BCUT2D eigenvalue weighted by atomic mass is 9.84. The van der Waals surface area contributed by atoms with Crippen LogP contribution in [0.3, 0.4) is 0 Å². The summed E-state index contributed by atoms with van der Waals surface area (Å²) < 4.78 is 0. The highest BCUT2D eigenvalue weighted by molar-refractivity contribution is 5.67. The second-order valence-corrected chi connectivity index (χ2v) is 11.4. The van der Waals surface area contributed by atoms with Crippen LogP contribution in [0.5, 0.6) is 0 Å². The van der Waals surface area contributed by atoms with Crippen molar-refractivity contribution in [1.29, 1.82) is 0 Å². The molecule has 1 rings (SSSR count). The van der Waals surface area contributed by atoms with Gasteiger partial charge in [0.1, 0.15) is 0 Å². The molecule has 0 bridgehead atoms. The topological polar surface area (TPSA) is 115 Å². The van der Waals surface area contributed by atoms with E-state index in [2.05, 4.69) is 41.5 Å². The van der Waals surface area contributed by atoms with Crippen molar-refractivity contribution < 1.29 is 30.0 Å². The first-order chi connectivity index (χ1) is 13.4. The third kappa shape index (κ3) is 24.9. The van der Waals surface area contributed by atoms with Crippen LogP contribution in [0.1, 0.15) is 107 Å². The molecular weight excluding hydrogens is 384 g/mol. The van der Waals surface area contributed by atoms with E-state index < -0.39 is 11.9 Å². The van der Waals surface area contributed by atoms with Crippen LogP contribution in [-0.4, -0.2) is 44.6 Å². The van der Waals surface area contributed by atoms with Gasteiger partial charge in [-0.25, -0.2) is 0 Å². The normalized spacial score (nSPS) is 21.3. The predicted molar refractivity (Wildman–Crippen MR) is 121 cm³/mol. The van der Waals surface area contributed by atoms with Gasteiger partial charge in [0, 0.05) is 12.8 Å². The highest BCUT2D eigenvalue weighted by Crippen LogP contribution is 2.26. The van der Waals surface area contributed by atoms with Crippen LogP contribution >= 0.6 is 0 Å². The molecule has 0 heterocycles. The van der Waals surface area contributed by atoms with Gasteiger partial charge in [-0.1, -0.05) is 55.4 Å². The van der Waals surface area contributed by atoms with Crippen LogP contribution in [0.2, 0.25) is 0 Å². The van der Waals surface area contributed by atoms with Crippen LogP contribution in [0, 0.1) is 22.7 Å². The van der Waals surface area contributed by atoms with Crippen molar-refractivity contribution in [3.8, 4) is 0 Å². The molecule has 4 N–H and O–H groups in total. The largest absolute Gasteiger partial charge is 0.481 e. The number of carbonyl (C=O) groups is 2. The van der Waals surface area contributed by atoms with Crippen molar-refractivity contribution >= 4 is 11.9 Å². The molecule has 6 heteroatoms. The van der Waals surface area contributed by atoms with Crippen molar-refractivity contribution in [2.24, 2.45) is 22.7 Å². The second kappa shape index (κ2) is 14.8. The molecule has 0 amide bonds. The molecule has 2 atom stereocenters. The van der Waals surface area contributed by atoms with Crippen LogP contribution in [0.15, 0.2) is 0 Å². The SMILES string of the molecule is CC(CC(=O)O)CC(C)(C)C.CC(CC(=O)O)CC(C)(C)C.OC1CCC(O)CC1. The van der Waals surface area contributed by atoms with Gasteiger partial charge in [-0.2, -0.15) is 0 Å². The number of carboxylic acids is 2. The van der Waals surface area contributed by atoms with Crippen molar-refractivity contribution in [2.45, 2.75) is 119 Å². The van der Waals surface area contributed by atoms with Crippen LogP contribution in [-0.2, 0) is 9.59 Å². The van der Waals surface area contributed by atoms with E-state index in [4.69, 9.17) is 20.4 Å². The van der Waals surface area contributed by atoms with Crippen molar-refractivity contribution in [3.63, 3.8) is 0 Å². The summed E-state index contributed by atoms with van der Waals surface area (Å²) in [5.41, 5.74) is 0.490. The summed E-state index contributed by atoms with van der Waals surface area (Å²) in [6, 6.07) is 0. The quantitative estimate of drug-likeness (QED) is 0.450. The van der Waals surface area contributed by atoms with Crippen LogP contribution < -0.4 is 0 Å². The maximum atomic E-state index is 10.3. The van der Waals surface area contributed by atoms with E-state index in [-0.39, 0.29) is 47.7 Å². The Balaban J connectivity index is 0. The smallest absolute Gasteiger partial charge is 0.303 e. The summed E-state index contributed by atoms with van der Waals surface area (Å²) in [6.45, 7) is 16.8. The van der Waals surface area contributed by atoms with Gasteiger partial charge >= 0.3 is 11.9 Å². The van der Waals surface area contributed by atoms with Gasteiger partial charge in [0.25, 0.3) is 0 Å². The molecule has 0 saturated heterocycles. The maximum absolute atomic E-state index is 10.3. The van der Waals surface area contributed by atoms with Gasteiger partial charge in [-0.05, 0) is 61.2 Å². The lowest BCUT2D eigenvalue weighted by molar-refractivity contribution is -0.139. The van der Waals surface area contributed by atoms with E-state index >= 15 is 0 Å². The number of aliphatic hydroxyl groups is 2. The number of carboxylic acid groups (broad SMARTS) is 2. The average molecular weight is 433 g/mol. The molecule has 0 spiro atoms. The number of aliphatic hydroxyl groups excluding tert-OH is 2. The standard InChI is InChI=1S/2C9H18O2.C6H12O2/c2*1-7(5-8(10)11)6-9(2,3)4;7-5-1-2-6(8)4-3-5/h2*7H,5-6H2,1-4H3,(H,10,11);5-8H,1-4H2. The summed E-state index contributed by atoms with van der Waals surface area (Å²) in [6.07, 6.45) is 5.36. The Kier molecular flexibility index (Phi) is 15.3. The number of hydrogen-bond donors (Lipinski definition) is 4. The first kappa shape index (κ1) is 31.0. The van der Waals surface area contributed by atoms with E-state index in [0.717, 1.165) is 38.5 Å². The van der Waals surface area contributed by atoms with Crippen molar-refractivity contribution in [2.75, 3.05) is 0 Å². The zero-order valence-corrected chi connectivity index (χ0v) is 20.6. The zero-order valence-electron chi connectivity index (χ0n) is 20.6. The maximum Gasteiger partial charge on any atom is 0.303 e. The van der Waals surface area contributed by atoms with Gasteiger partial charge in [-0.3, -0.25) is 9.59 Å². The molecule has 0 radical (unpaired) electrons.